The topological polar surface area (TPSA) is 17.1 Å². The Hall–Kier alpha value is -1.51. The highest BCUT2D eigenvalue weighted by atomic mass is 19.2. The highest BCUT2D eigenvalue weighted by Crippen LogP contribution is 2.24. The molecule has 0 unspecified atom stereocenters. The lowest BCUT2D eigenvalue weighted by Gasteiger charge is -2.13. The van der Waals surface area contributed by atoms with Crippen LogP contribution in [0.15, 0.2) is 23.8 Å². The molecule has 0 amide bonds. The average molecular weight is 250 g/mol. The highest BCUT2D eigenvalue weighted by Gasteiger charge is 2.16. The third-order valence-electron chi connectivity index (χ3n) is 3.37. The molecule has 3 heteroatoms. The zero-order chi connectivity index (χ0) is 13.1. The number of ketones is 1. The molecule has 0 aromatic heterocycles. The van der Waals surface area contributed by atoms with E-state index in [1.54, 1.807) is 0 Å². The molecule has 1 saturated carbocycles. The summed E-state index contributed by atoms with van der Waals surface area (Å²) in [5, 5.41) is 0. The largest absolute Gasteiger partial charge is 0.289 e. The maximum atomic E-state index is 13.6. The van der Waals surface area contributed by atoms with E-state index in [2.05, 4.69) is 0 Å². The van der Waals surface area contributed by atoms with Crippen LogP contribution in [0.2, 0.25) is 0 Å². The number of carbonyl (C=O) groups is 1. The molecule has 1 fully saturated rings. The summed E-state index contributed by atoms with van der Waals surface area (Å²) >= 11 is 0. The molecule has 1 aromatic carbocycles. The van der Waals surface area contributed by atoms with Crippen molar-refractivity contribution < 1.29 is 13.6 Å². The standard InChI is InChI=1S/C15H16F2O/c1-10-7-8-12(15(17)14(10)16)13(18)9-11-5-3-2-4-6-11/h7-9H,2-6H2,1H3. The van der Waals surface area contributed by atoms with Crippen LogP contribution < -0.4 is 0 Å². The van der Waals surface area contributed by atoms with Gasteiger partial charge in [-0.05, 0) is 50.3 Å². The molecule has 1 aromatic rings. The molecule has 2 rings (SSSR count). The van der Waals surface area contributed by atoms with Gasteiger partial charge in [0.2, 0.25) is 0 Å². The fraction of sp³-hybridized carbons (Fsp3) is 0.400. The first-order chi connectivity index (χ1) is 8.59. The fourth-order valence-corrected chi connectivity index (χ4v) is 2.25. The molecule has 1 aliphatic rings. The van der Waals surface area contributed by atoms with Crippen LogP contribution in [0, 0.1) is 18.6 Å². The zero-order valence-corrected chi connectivity index (χ0v) is 10.4. The van der Waals surface area contributed by atoms with Crippen molar-refractivity contribution in [2.24, 2.45) is 0 Å². The van der Waals surface area contributed by atoms with Crippen LogP contribution in [0.25, 0.3) is 0 Å². The highest BCUT2D eigenvalue weighted by molar-refractivity contribution is 6.05. The van der Waals surface area contributed by atoms with E-state index in [-0.39, 0.29) is 11.1 Å². The molecule has 0 heterocycles. The molecule has 0 bridgehead atoms. The molecule has 0 N–H and O–H groups in total. The second-order valence-corrected chi connectivity index (χ2v) is 4.79. The smallest absolute Gasteiger partial charge is 0.188 e. The summed E-state index contributed by atoms with van der Waals surface area (Å²) in [5.41, 5.74) is 1.09. The molecule has 96 valence electrons. The molecule has 1 nitrogen and oxygen atoms in total. The normalized spacial score (nSPS) is 15.6. The van der Waals surface area contributed by atoms with Gasteiger partial charge in [0.25, 0.3) is 0 Å². The van der Waals surface area contributed by atoms with Crippen molar-refractivity contribution in [3.8, 4) is 0 Å². The van der Waals surface area contributed by atoms with Gasteiger partial charge in [0.15, 0.2) is 17.4 Å². The molecule has 0 saturated heterocycles. The van der Waals surface area contributed by atoms with E-state index in [9.17, 15) is 13.6 Å². The number of rotatable bonds is 2. The van der Waals surface area contributed by atoms with E-state index < -0.39 is 17.4 Å². The molecule has 18 heavy (non-hydrogen) atoms. The van der Waals surface area contributed by atoms with E-state index in [4.69, 9.17) is 0 Å². The van der Waals surface area contributed by atoms with Gasteiger partial charge in [0, 0.05) is 0 Å². The molecule has 0 atom stereocenters. The average Bonchev–Trinajstić information content (AvgIpc) is 2.37. The van der Waals surface area contributed by atoms with E-state index in [1.807, 2.05) is 0 Å². The molecular weight excluding hydrogens is 234 g/mol. The van der Waals surface area contributed by atoms with Crippen molar-refractivity contribution in [3.63, 3.8) is 0 Å². The van der Waals surface area contributed by atoms with Crippen LogP contribution >= 0.6 is 0 Å². The molecule has 0 radical (unpaired) electrons. The Morgan fingerprint density at radius 3 is 2.44 bits per heavy atom. The van der Waals surface area contributed by atoms with Gasteiger partial charge in [-0.3, -0.25) is 4.79 Å². The summed E-state index contributed by atoms with van der Waals surface area (Å²) in [5.74, 6) is -2.39. The first-order valence-electron chi connectivity index (χ1n) is 6.28. The molecule has 0 aliphatic heterocycles. The van der Waals surface area contributed by atoms with Crippen LogP contribution in [0.5, 0.6) is 0 Å². The monoisotopic (exact) mass is 250 g/mol. The van der Waals surface area contributed by atoms with Gasteiger partial charge in [-0.25, -0.2) is 8.78 Å². The minimum Gasteiger partial charge on any atom is -0.289 e. The minimum absolute atomic E-state index is 0.170. The second-order valence-electron chi connectivity index (χ2n) is 4.79. The first-order valence-corrected chi connectivity index (χ1v) is 6.28. The summed E-state index contributed by atoms with van der Waals surface area (Å²) < 4.78 is 27.0. The van der Waals surface area contributed by atoms with Crippen LogP contribution in [0.4, 0.5) is 8.78 Å². The lowest BCUT2D eigenvalue weighted by molar-refractivity contribution is 0.104. The van der Waals surface area contributed by atoms with Gasteiger partial charge in [0.1, 0.15) is 0 Å². The van der Waals surface area contributed by atoms with Crippen LogP contribution in [-0.4, -0.2) is 5.78 Å². The number of benzene rings is 1. The predicted molar refractivity (Wildman–Crippen MR) is 66.6 cm³/mol. The molecule has 1 aliphatic carbocycles. The van der Waals surface area contributed by atoms with Crippen molar-refractivity contribution in [3.05, 3.63) is 46.5 Å². The number of carbonyl (C=O) groups excluding carboxylic acids is 1. The maximum absolute atomic E-state index is 13.6. The first kappa shape index (κ1) is 12.9. The Morgan fingerprint density at radius 1 is 1.11 bits per heavy atom. The zero-order valence-electron chi connectivity index (χ0n) is 10.4. The Morgan fingerprint density at radius 2 is 1.78 bits per heavy atom. The van der Waals surface area contributed by atoms with Crippen LogP contribution in [0.1, 0.15) is 48.0 Å². The van der Waals surface area contributed by atoms with Gasteiger partial charge in [-0.1, -0.05) is 18.1 Å². The SMILES string of the molecule is Cc1ccc(C(=O)C=C2CCCCC2)c(F)c1F. The van der Waals surface area contributed by atoms with Crippen LogP contribution in [-0.2, 0) is 0 Å². The van der Waals surface area contributed by atoms with Crippen molar-refractivity contribution in [1.82, 2.24) is 0 Å². The molecular formula is C15H16F2O. The predicted octanol–water partition coefficient (Wildman–Crippen LogP) is 4.35. The number of hydrogen-bond donors (Lipinski definition) is 0. The van der Waals surface area contributed by atoms with Gasteiger partial charge in [0.05, 0.1) is 5.56 Å². The number of aryl methyl sites for hydroxylation is 1. The maximum Gasteiger partial charge on any atom is 0.188 e. The fourth-order valence-electron chi connectivity index (χ4n) is 2.25. The lowest BCUT2D eigenvalue weighted by atomic mass is 9.93. The Bertz CT molecular complexity index is 495. The third kappa shape index (κ3) is 2.66. The minimum atomic E-state index is -1.03. The van der Waals surface area contributed by atoms with E-state index in [1.165, 1.54) is 31.6 Å². The number of halogens is 2. The quantitative estimate of drug-likeness (QED) is 0.563. The third-order valence-corrected chi connectivity index (χ3v) is 3.37. The summed E-state index contributed by atoms with van der Waals surface area (Å²) in [6.07, 6.45) is 6.59. The van der Waals surface area contributed by atoms with E-state index in [0.717, 1.165) is 31.3 Å². The van der Waals surface area contributed by atoms with Gasteiger partial charge in [-0.15, -0.1) is 0 Å². The Labute approximate surface area is 106 Å². The second kappa shape index (κ2) is 5.42. The summed E-state index contributed by atoms with van der Waals surface area (Å²) in [6, 6.07) is 2.79. The van der Waals surface area contributed by atoms with E-state index in [0.29, 0.717) is 0 Å². The van der Waals surface area contributed by atoms with E-state index >= 15 is 0 Å². The Balaban J connectivity index is 2.26. The Kier molecular flexibility index (Phi) is 3.90. The number of hydrogen-bond acceptors (Lipinski definition) is 1. The molecule has 0 spiro atoms. The number of allylic oxidation sites excluding steroid dienone is 2. The lowest BCUT2D eigenvalue weighted by Crippen LogP contribution is -2.05. The summed E-state index contributed by atoms with van der Waals surface area (Å²) in [6.45, 7) is 1.48. The summed E-state index contributed by atoms with van der Waals surface area (Å²) in [4.78, 5) is 11.9. The van der Waals surface area contributed by atoms with Crippen molar-refractivity contribution in [2.75, 3.05) is 0 Å². The summed E-state index contributed by atoms with van der Waals surface area (Å²) in [7, 11) is 0. The van der Waals surface area contributed by atoms with Crippen molar-refractivity contribution >= 4 is 5.78 Å². The van der Waals surface area contributed by atoms with Crippen molar-refractivity contribution in [1.29, 1.82) is 0 Å². The van der Waals surface area contributed by atoms with Crippen LogP contribution in [0.3, 0.4) is 0 Å². The van der Waals surface area contributed by atoms with Gasteiger partial charge < -0.3 is 0 Å². The van der Waals surface area contributed by atoms with Gasteiger partial charge >= 0.3 is 0 Å². The van der Waals surface area contributed by atoms with Crippen molar-refractivity contribution in [2.45, 2.75) is 39.0 Å². The van der Waals surface area contributed by atoms with Gasteiger partial charge in [-0.2, -0.15) is 0 Å².